The van der Waals surface area contributed by atoms with Crippen molar-refractivity contribution in [2.45, 2.75) is 25.5 Å². The van der Waals surface area contributed by atoms with Gasteiger partial charge in [0.25, 0.3) is 5.91 Å². The molecule has 136 valence electrons. The summed E-state index contributed by atoms with van der Waals surface area (Å²) >= 11 is 0. The molecule has 2 N–H and O–H groups in total. The van der Waals surface area contributed by atoms with Gasteiger partial charge in [-0.15, -0.1) is 0 Å². The number of nitrogens with zero attached hydrogens (tertiary/aromatic N) is 1. The molecule has 1 aliphatic carbocycles. The summed E-state index contributed by atoms with van der Waals surface area (Å²) in [5.74, 6) is 0.578. The fraction of sp³-hybridized carbons (Fsp3) is 0.182. The second-order valence-electron chi connectivity index (χ2n) is 6.63. The average Bonchev–Trinajstić information content (AvgIpc) is 3.52. The number of pyridine rings is 1. The lowest BCUT2D eigenvalue weighted by Gasteiger charge is -2.09. The molecular weight excluding hydrogens is 338 g/mol. The quantitative estimate of drug-likeness (QED) is 0.652. The van der Waals surface area contributed by atoms with E-state index in [1.807, 2.05) is 60.7 Å². The number of amides is 1. The van der Waals surface area contributed by atoms with Crippen LogP contribution in [-0.4, -0.2) is 16.9 Å². The summed E-state index contributed by atoms with van der Waals surface area (Å²) in [6.45, 7) is 0.513. The molecule has 1 saturated carbocycles. The summed E-state index contributed by atoms with van der Waals surface area (Å²) in [6, 6.07) is 19.7. The SMILES string of the molecule is O=C(Nc1ccc(OCc2ccccc2)cc1)c1cncc(NC2CC2)c1. The first-order valence-electron chi connectivity index (χ1n) is 9.06. The molecule has 0 bridgehead atoms. The van der Waals surface area contributed by atoms with Gasteiger partial charge in [-0.1, -0.05) is 30.3 Å². The van der Waals surface area contributed by atoms with E-state index in [-0.39, 0.29) is 5.91 Å². The van der Waals surface area contributed by atoms with Crippen molar-refractivity contribution in [3.05, 3.63) is 84.2 Å². The highest BCUT2D eigenvalue weighted by atomic mass is 16.5. The van der Waals surface area contributed by atoms with Gasteiger partial charge in [0, 0.05) is 24.1 Å². The molecule has 3 aromatic rings. The Morgan fingerprint density at radius 1 is 1.00 bits per heavy atom. The molecule has 0 unspecified atom stereocenters. The minimum atomic E-state index is -0.181. The number of benzene rings is 2. The Morgan fingerprint density at radius 2 is 1.78 bits per heavy atom. The Balaban J connectivity index is 1.34. The Bertz CT molecular complexity index is 906. The first-order chi connectivity index (χ1) is 13.3. The maximum absolute atomic E-state index is 12.5. The first kappa shape index (κ1) is 17.1. The molecule has 1 heterocycles. The standard InChI is InChI=1S/C22H21N3O2/c26-22(17-12-20(14-23-13-17)24-18-6-7-18)25-19-8-10-21(11-9-19)27-15-16-4-2-1-3-5-16/h1-5,8-14,18,24H,6-7,15H2,(H,25,26). The number of hydrogen-bond acceptors (Lipinski definition) is 4. The van der Waals surface area contributed by atoms with Crippen LogP contribution in [0.3, 0.4) is 0 Å². The fourth-order valence-electron chi connectivity index (χ4n) is 2.69. The van der Waals surface area contributed by atoms with Crippen molar-refractivity contribution in [1.82, 2.24) is 4.98 Å². The van der Waals surface area contributed by atoms with E-state index in [0.29, 0.717) is 23.9 Å². The van der Waals surface area contributed by atoms with Crippen LogP contribution < -0.4 is 15.4 Å². The molecule has 1 aromatic heterocycles. The lowest BCUT2D eigenvalue weighted by molar-refractivity contribution is 0.102. The summed E-state index contributed by atoms with van der Waals surface area (Å²) in [4.78, 5) is 16.6. The maximum atomic E-state index is 12.5. The number of carbonyl (C=O) groups excluding carboxylic acids is 1. The van der Waals surface area contributed by atoms with Crippen LogP contribution in [0.25, 0.3) is 0 Å². The maximum Gasteiger partial charge on any atom is 0.257 e. The van der Waals surface area contributed by atoms with E-state index in [9.17, 15) is 4.79 Å². The molecule has 0 radical (unpaired) electrons. The highest BCUT2D eigenvalue weighted by molar-refractivity contribution is 6.04. The van der Waals surface area contributed by atoms with Crippen molar-refractivity contribution in [2.75, 3.05) is 10.6 Å². The summed E-state index contributed by atoms with van der Waals surface area (Å²) in [7, 11) is 0. The van der Waals surface area contributed by atoms with E-state index < -0.39 is 0 Å². The second-order valence-corrected chi connectivity index (χ2v) is 6.63. The lowest BCUT2D eigenvalue weighted by atomic mass is 10.2. The van der Waals surface area contributed by atoms with Crippen molar-refractivity contribution in [2.24, 2.45) is 0 Å². The van der Waals surface area contributed by atoms with E-state index in [1.54, 1.807) is 12.4 Å². The summed E-state index contributed by atoms with van der Waals surface area (Å²) < 4.78 is 5.76. The van der Waals surface area contributed by atoms with E-state index in [0.717, 1.165) is 17.0 Å². The second kappa shape index (κ2) is 7.91. The molecule has 0 saturated heterocycles. The monoisotopic (exact) mass is 359 g/mol. The molecule has 5 nitrogen and oxygen atoms in total. The number of nitrogens with one attached hydrogen (secondary N) is 2. The zero-order chi connectivity index (χ0) is 18.5. The minimum Gasteiger partial charge on any atom is -0.489 e. The largest absolute Gasteiger partial charge is 0.489 e. The van der Waals surface area contributed by atoms with Gasteiger partial charge in [0.05, 0.1) is 11.3 Å². The summed E-state index contributed by atoms with van der Waals surface area (Å²) in [5, 5.41) is 6.24. The number of ether oxygens (including phenoxy) is 1. The highest BCUT2D eigenvalue weighted by Crippen LogP contribution is 2.25. The number of carbonyl (C=O) groups is 1. The zero-order valence-corrected chi connectivity index (χ0v) is 14.9. The molecule has 1 aliphatic rings. The molecule has 2 aromatic carbocycles. The van der Waals surface area contributed by atoms with Gasteiger partial charge >= 0.3 is 0 Å². The summed E-state index contributed by atoms with van der Waals surface area (Å²) in [6.07, 6.45) is 5.67. The van der Waals surface area contributed by atoms with Gasteiger partial charge in [0.2, 0.25) is 0 Å². The van der Waals surface area contributed by atoms with Gasteiger partial charge in [-0.05, 0) is 48.7 Å². The van der Waals surface area contributed by atoms with E-state index >= 15 is 0 Å². The van der Waals surface area contributed by atoms with Crippen LogP contribution in [0.4, 0.5) is 11.4 Å². The van der Waals surface area contributed by atoms with Crippen molar-refractivity contribution in [3.63, 3.8) is 0 Å². The van der Waals surface area contributed by atoms with Crippen LogP contribution in [0.5, 0.6) is 5.75 Å². The summed E-state index contributed by atoms with van der Waals surface area (Å²) in [5.41, 5.74) is 3.24. The Labute approximate surface area is 158 Å². The predicted octanol–water partition coefficient (Wildman–Crippen LogP) is 4.49. The van der Waals surface area contributed by atoms with Gasteiger partial charge < -0.3 is 15.4 Å². The third kappa shape index (κ3) is 4.85. The molecular formula is C22H21N3O2. The Morgan fingerprint density at radius 3 is 2.52 bits per heavy atom. The number of hydrogen-bond donors (Lipinski definition) is 2. The van der Waals surface area contributed by atoms with Crippen molar-refractivity contribution in [3.8, 4) is 5.75 Å². The van der Waals surface area contributed by atoms with Crippen LogP contribution in [0.2, 0.25) is 0 Å². The van der Waals surface area contributed by atoms with Crippen molar-refractivity contribution in [1.29, 1.82) is 0 Å². The number of aromatic nitrogens is 1. The molecule has 4 rings (SSSR count). The average molecular weight is 359 g/mol. The van der Waals surface area contributed by atoms with Gasteiger partial charge in [0.1, 0.15) is 12.4 Å². The lowest BCUT2D eigenvalue weighted by Crippen LogP contribution is -2.13. The van der Waals surface area contributed by atoms with Crippen LogP contribution in [0, 0.1) is 0 Å². The zero-order valence-electron chi connectivity index (χ0n) is 14.9. The predicted molar refractivity (Wildman–Crippen MR) is 106 cm³/mol. The highest BCUT2D eigenvalue weighted by Gasteiger charge is 2.21. The third-order valence-corrected chi connectivity index (χ3v) is 4.31. The Kier molecular flexibility index (Phi) is 5.01. The van der Waals surface area contributed by atoms with Gasteiger partial charge in [0.15, 0.2) is 0 Å². The molecule has 27 heavy (non-hydrogen) atoms. The number of anilines is 2. The number of rotatable bonds is 7. The van der Waals surface area contributed by atoms with Crippen LogP contribution in [0.15, 0.2) is 73.1 Å². The van der Waals surface area contributed by atoms with Crippen molar-refractivity contribution >= 4 is 17.3 Å². The van der Waals surface area contributed by atoms with Gasteiger partial charge in [-0.3, -0.25) is 9.78 Å². The molecule has 1 amide bonds. The van der Waals surface area contributed by atoms with Crippen LogP contribution in [-0.2, 0) is 6.61 Å². The van der Waals surface area contributed by atoms with Crippen molar-refractivity contribution < 1.29 is 9.53 Å². The molecule has 0 atom stereocenters. The van der Waals surface area contributed by atoms with E-state index in [1.165, 1.54) is 12.8 Å². The first-order valence-corrected chi connectivity index (χ1v) is 9.06. The minimum absolute atomic E-state index is 0.181. The van der Waals surface area contributed by atoms with E-state index in [4.69, 9.17) is 4.74 Å². The molecule has 0 aliphatic heterocycles. The normalized spacial score (nSPS) is 13.0. The third-order valence-electron chi connectivity index (χ3n) is 4.31. The van der Waals surface area contributed by atoms with Gasteiger partial charge in [-0.25, -0.2) is 0 Å². The van der Waals surface area contributed by atoms with Gasteiger partial charge in [-0.2, -0.15) is 0 Å². The van der Waals surface area contributed by atoms with Crippen LogP contribution in [0.1, 0.15) is 28.8 Å². The smallest absolute Gasteiger partial charge is 0.257 e. The fourth-order valence-corrected chi connectivity index (χ4v) is 2.69. The molecule has 0 spiro atoms. The van der Waals surface area contributed by atoms with E-state index in [2.05, 4.69) is 15.6 Å². The topological polar surface area (TPSA) is 63.2 Å². The molecule has 5 heteroatoms. The Hall–Kier alpha value is -3.34. The molecule has 1 fully saturated rings. The van der Waals surface area contributed by atoms with Crippen LogP contribution >= 0.6 is 0 Å².